The molecule has 2 nitrogen and oxygen atoms in total. The molecule has 0 spiro atoms. The Morgan fingerprint density at radius 3 is 2.31 bits per heavy atom. The third kappa shape index (κ3) is 3.42. The first-order valence-electron chi connectivity index (χ1n) is 5.51. The first-order valence-corrected chi connectivity index (χ1v) is 5.51. The fourth-order valence-corrected chi connectivity index (χ4v) is 1.71. The minimum Gasteiger partial charge on any atom is -0.330 e. The van der Waals surface area contributed by atoms with Gasteiger partial charge in [0.05, 0.1) is 0 Å². The Morgan fingerprint density at radius 2 is 1.88 bits per heavy atom. The van der Waals surface area contributed by atoms with Crippen LogP contribution in [0.4, 0.5) is 4.39 Å². The van der Waals surface area contributed by atoms with Gasteiger partial charge in [-0.25, -0.2) is 4.39 Å². The Kier molecular flexibility index (Phi) is 4.62. The fraction of sp³-hybridized carbons (Fsp3) is 0.462. The van der Waals surface area contributed by atoms with E-state index in [0.29, 0.717) is 13.0 Å². The van der Waals surface area contributed by atoms with E-state index in [4.69, 9.17) is 5.73 Å². The number of nitrogens with two attached hydrogens (primary N) is 1. The first kappa shape index (κ1) is 12.8. The molecular weight excluding hydrogens is 205 g/mol. The Hall–Kier alpha value is -1.22. The molecule has 0 amide bonds. The quantitative estimate of drug-likeness (QED) is 0.831. The van der Waals surface area contributed by atoms with E-state index in [0.717, 1.165) is 5.56 Å². The normalized spacial score (nSPS) is 12.8. The van der Waals surface area contributed by atoms with E-state index in [2.05, 4.69) is 0 Å². The molecule has 0 aliphatic heterocycles. The largest absolute Gasteiger partial charge is 0.330 e. The second kappa shape index (κ2) is 5.75. The summed E-state index contributed by atoms with van der Waals surface area (Å²) >= 11 is 0. The molecule has 0 saturated carbocycles. The smallest absolute Gasteiger partial charge is 0.141 e. The number of carbonyl (C=O) groups is 1. The molecule has 0 radical (unpaired) electrons. The van der Waals surface area contributed by atoms with Gasteiger partial charge in [0, 0.05) is 18.9 Å². The highest BCUT2D eigenvalue weighted by molar-refractivity contribution is 5.83. The van der Waals surface area contributed by atoms with E-state index < -0.39 is 0 Å². The van der Waals surface area contributed by atoms with E-state index in [1.54, 1.807) is 12.1 Å². The summed E-state index contributed by atoms with van der Waals surface area (Å²) in [6.45, 7) is 4.35. The molecule has 0 aromatic heterocycles. The molecule has 1 unspecified atom stereocenters. The summed E-state index contributed by atoms with van der Waals surface area (Å²) in [6, 6.07) is 6.02. The second-order valence-corrected chi connectivity index (χ2v) is 4.36. The summed E-state index contributed by atoms with van der Waals surface area (Å²) in [5, 5.41) is 0. The highest BCUT2D eigenvalue weighted by Gasteiger charge is 2.20. The monoisotopic (exact) mass is 223 g/mol. The maximum absolute atomic E-state index is 12.7. The molecule has 0 bridgehead atoms. The van der Waals surface area contributed by atoms with Crippen molar-refractivity contribution in [2.45, 2.75) is 20.3 Å². The lowest BCUT2D eigenvalue weighted by Gasteiger charge is -2.17. The molecule has 88 valence electrons. The second-order valence-electron chi connectivity index (χ2n) is 4.36. The van der Waals surface area contributed by atoms with Gasteiger partial charge in [-0.2, -0.15) is 0 Å². The van der Waals surface area contributed by atoms with Crippen LogP contribution in [0.3, 0.4) is 0 Å². The van der Waals surface area contributed by atoms with Crippen molar-refractivity contribution in [2.24, 2.45) is 17.6 Å². The number of rotatable bonds is 5. The number of hydrogen-bond acceptors (Lipinski definition) is 2. The lowest BCUT2D eigenvalue weighted by atomic mass is 9.88. The number of benzene rings is 1. The molecule has 1 aromatic rings. The zero-order valence-corrected chi connectivity index (χ0v) is 9.74. The van der Waals surface area contributed by atoms with Crippen LogP contribution in [-0.4, -0.2) is 12.3 Å². The molecule has 0 fully saturated rings. The molecule has 2 N–H and O–H groups in total. The minimum atomic E-state index is -0.282. The van der Waals surface area contributed by atoms with E-state index in [9.17, 15) is 9.18 Å². The van der Waals surface area contributed by atoms with Gasteiger partial charge in [-0.05, 0) is 23.6 Å². The van der Waals surface area contributed by atoms with Crippen LogP contribution in [0, 0.1) is 17.7 Å². The summed E-state index contributed by atoms with van der Waals surface area (Å²) in [5.41, 5.74) is 6.41. The molecule has 16 heavy (non-hydrogen) atoms. The van der Waals surface area contributed by atoms with E-state index in [1.165, 1.54) is 12.1 Å². The van der Waals surface area contributed by atoms with Crippen LogP contribution in [0.1, 0.15) is 19.4 Å². The zero-order chi connectivity index (χ0) is 12.1. The minimum absolute atomic E-state index is 0.106. The zero-order valence-electron chi connectivity index (χ0n) is 9.74. The topological polar surface area (TPSA) is 43.1 Å². The van der Waals surface area contributed by atoms with Gasteiger partial charge in [0.1, 0.15) is 11.6 Å². The van der Waals surface area contributed by atoms with Crippen LogP contribution < -0.4 is 5.73 Å². The van der Waals surface area contributed by atoms with Gasteiger partial charge >= 0.3 is 0 Å². The van der Waals surface area contributed by atoms with Crippen molar-refractivity contribution in [3.63, 3.8) is 0 Å². The van der Waals surface area contributed by atoms with Crippen molar-refractivity contribution < 1.29 is 9.18 Å². The van der Waals surface area contributed by atoms with Crippen molar-refractivity contribution in [3.8, 4) is 0 Å². The molecule has 0 aliphatic carbocycles. The Labute approximate surface area is 95.7 Å². The van der Waals surface area contributed by atoms with Crippen LogP contribution >= 0.6 is 0 Å². The summed E-state index contributed by atoms with van der Waals surface area (Å²) in [4.78, 5) is 11.9. The highest BCUT2D eigenvalue weighted by atomic mass is 19.1. The fourth-order valence-electron chi connectivity index (χ4n) is 1.71. The Bertz CT molecular complexity index is 345. The highest BCUT2D eigenvalue weighted by Crippen LogP contribution is 2.14. The number of hydrogen-bond donors (Lipinski definition) is 1. The molecule has 3 heteroatoms. The Morgan fingerprint density at radius 1 is 1.31 bits per heavy atom. The predicted molar refractivity (Wildman–Crippen MR) is 62.5 cm³/mol. The van der Waals surface area contributed by atoms with Crippen molar-refractivity contribution >= 4 is 5.78 Å². The van der Waals surface area contributed by atoms with Gasteiger partial charge in [-0.3, -0.25) is 4.79 Å². The molecule has 1 aromatic carbocycles. The van der Waals surface area contributed by atoms with Crippen molar-refractivity contribution in [3.05, 3.63) is 35.6 Å². The molecule has 1 atom stereocenters. The number of carbonyl (C=O) groups excluding carboxylic acids is 1. The lowest BCUT2D eigenvalue weighted by Crippen LogP contribution is -2.29. The summed E-state index contributed by atoms with van der Waals surface area (Å²) < 4.78 is 12.7. The summed E-state index contributed by atoms with van der Waals surface area (Å²) in [5.74, 6) is -0.0115. The molecule has 0 saturated heterocycles. The first-order chi connectivity index (χ1) is 7.54. The number of Topliss-reactive ketones (excluding diaryl/α,β-unsaturated/α-hetero) is 1. The molecule has 0 heterocycles. The molecule has 0 aliphatic rings. The predicted octanol–water partition coefficient (Wildman–Crippen LogP) is 2.17. The number of ketones is 1. The third-order valence-electron chi connectivity index (χ3n) is 2.76. The van der Waals surface area contributed by atoms with Crippen LogP contribution in [0.2, 0.25) is 0 Å². The maximum Gasteiger partial charge on any atom is 0.141 e. The van der Waals surface area contributed by atoms with Crippen LogP contribution in [0.5, 0.6) is 0 Å². The van der Waals surface area contributed by atoms with Gasteiger partial charge in [0.15, 0.2) is 0 Å². The van der Waals surface area contributed by atoms with Crippen molar-refractivity contribution in [1.82, 2.24) is 0 Å². The van der Waals surface area contributed by atoms with E-state index >= 15 is 0 Å². The van der Waals surface area contributed by atoms with Crippen LogP contribution in [0.25, 0.3) is 0 Å². The standard InChI is InChI=1S/C13H18FNO/c1-9(2)12(8-15)13(16)7-10-3-5-11(14)6-4-10/h3-6,9,12H,7-8,15H2,1-2H3. The lowest BCUT2D eigenvalue weighted by molar-refractivity contribution is -0.123. The summed E-state index contributed by atoms with van der Waals surface area (Å²) in [6.07, 6.45) is 0.334. The summed E-state index contributed by atoms with van der Waals surface area (Å²) in [7, 11) is 0. The van der Waals surface area contributed by atoms with Gasteiger partial charge in [-0.1, -0.05) is 26.0 Å². The maximum atomic E-state index is 12.7. The van der Waals surface area contributed by atoms with Crippen molar-refractivity contribution in [2.75, 3.05) is 6.54 Å². The average Bonchev–Trinajstić information content (AvgIpc) is 2.22. The van der Waals surface area contributed by atoms with Crippen LogP contribution in [-0.2, 0) is 11.2 Å². The third-order valence-corrected chi connectivity index (χ3v) is 2.76. The number of halogens is 1. The van der Waals surface area contributed by atoms with Gasteiger partial charge in [0.25, 0.3) is 0 Å². The van der Waals surface area contributed by atoms with E-state index in [1.807, 2.05) is 13.8 Å². The molecular formula is C13H18FNO. The molecule has 1 rings (SSSR count). The Balaban J connectivity index is 2.66. The van der Waals surface area contributed by atoms with Gasteiger partial charge < -0.3 is 5.73 Å². The van der Waals surface area contributed by atoms with Crippen LogP contribution in [0.15, 0.2) is 24.3 Å². The average molecular weight is 223 g/mol. The van der Waals surface area contributed by atoms with Crippen molar-refractivity contribution in [1.29, 1.82) is 0 Å². The van der Waals surface area contributed by atoms with Gasteiger partial charge in [0.2, 0.25) is 0 Å². The van der Waals surface area contributed by atoms with Gasteiger partial charge in [-0.15, -0.1) is 0 Å². The van der Waals surface area contributed by atoms with E-state index in [-0.39, 0.29) is 23.4 Å². The SMILES string of the molecule is CC(C)C(CN)C(=O)Cc1ccc(F)cc1.